The number of pyridine rings is 1. The number of hydrogen-bond donors (Lipinski definition) is 1. The first kappa shape index (κ1) is 16.5. The highest BCUT2D eigenvalue weighted by molar-refractivity contribution is 9.10. The summed E-state index contributed by atoms with van der Waals surface area (Å²) >= 11 is 9.56. The fourth-order valence-electron chi connectivity index (χ4n) is 2.37. The molecule has 2 nitrogen and oxygen atoms in total. The van der Waals surface area contributed by atoms with Gasteiger partial charge in [-0.1, -0.05) is 30.7 Å². The van der Waals surface area contributed by atoms with Crippen LogP contribution >= 0.6 is 27.5 Å². The molecule has 0 radical (unpaired) electrons. The maximum atomic E-state index is 6.08. The van der Waals surface area contributed by atoms with Gasteiger partial charge in [-0.25, -0.2) is 0 Å². The van der Waals surface area contributed by atoms with Crippen molar-refractivity contribution >= 4 is 27.5 Å². The van der Waals surface area contributed by atoms with Crippen LogP contribution in [0.5, 0.6) is 0 Å². The van der Waals surface area contributed by atoms with Crippen LogP contribution in [-0.4, -0.2) is 17.6 Å². The third-order valence-electron chi connectivity index (χ3n) is 3.30. The van der Waals surface area contributed by atoms with Gasteiger partial charge in [0.2, 0.25) is 0 Å². The Morgan fingerprint density at radius 1 is 1.19 bits per heavy atom. The van der Waals surface area contributed by atoms with Gasteiger partial charge in [-0.3, -0.25) is 4.98 Å². The van der Waals surface area contributed by atoms with Gasteiger partial charge >= 0.3 is 0 Å². The van der Waals surface area contributed by atoms with E-state index in [1.807, 2.05) is 30.6 Å². The minimum atomic E-state index is 0.388. The molecular weight excluding hydrogens is 348 g/mol. The smallest absolute Gasteiger partial charge is 0.0410 e. The number of halogens is 2. The first-order valence-electron chi connectivity index (χ1n) is 7.24. The minimum Gasteiger partial charge on any atom is -0.313 e. The van der Waals surface area contributed by atoms with Gasteiger partial charge in [0, 0.05) is 27.9 Å². The van der Waals surface area contributed by atoms with Gasteiger partial charge in [0.15, 0.2) is 0 Å². The molecule has 0 aliphatic rings. The Bertz CT molecular complexity index is 527. The Labute approximate surface area is 140 Å². The minimum absolute atomic E-state index is 0.388. The summed E-state index contributed by atoms with van der Waals surface area (Å²) in [5.41, 5.74) is 2.50. The van der Waals surface area contributed by atoms with Crippen molar-refractivity contribution in [1.82, 2.24) is 10.3 Å². The second-order valence-electron chi connectivity index (χ2n) is 5.20. The summed E-state index contributed by atoms with van der Waals surface area (Å²) in [7, 11) is 0. The van der Waals surface area contributed by atoms with E-state index in [2.05, 4.69) is 45.3 Å². The van der Waals surface area contributed by atoms with Crippen LogP contribution in [0.3, 0.4) is 0 Å². The van der Waals surface area contributed by atoms with Crippen molar-refractivity contribution in [2.45, 2.75) is 32.2 Å². The second-order valence-corrected chi connectivity index (χ2v) is 6.55. The van der Waals surface area contributed by atoms with Gasteiger partial charge in [-0.15, -0.1) is 0 Å². The zero-order chi connectivity index (χ0) is 15.1. The lowest BCUT2D eigenvalue weighted by molar-refractivity contribution is 0.504. The zero-order valence-corrected chi connectivity index (χ0v) is 14.5. The summed E-state index contributed by atoms with van der Waals surface area (Å²) in [5, 5.41) is 4.42. The number of hydrogen-bond acceptors (Lipinski definition) is 2. The van der Waals surface area contributed by atoms with Crippen LogP contribution in [0, 0.1) is 0 Å². The van der Waals surface area contributed by atoms with Crippen LogP contribution in [0.1, 0.15) is 24.5 Å². The summed E-state index contributed by atoms with van der Waals surface area (Å²) < 4.78 is 1.02. The summed E-state index contributed by atoms with van der Waals surface area (Å²) in [5.74, 6) is 0. The third kappa shape index (κ3) is 5.77. The van der Waals surface area contributed by atoms with E-state index < -0.39 is 0 Å². The molecule has 0 saturated heterocycles. The molecule has 2 aromatic rings. The molecule has 1 aromatic carbocycles. The molecule has 112 valence electrons. The Morgan fingerprint density at radius 2 is 2.00 bits per heavy atom. The molecule has 0 spiro atoms. The number of rotatable bonds is 7. The van der Waals surface area contributed by atoms with E-state index in [4.69, 9.17) is 11.6 Å². The summed E-state index contributed by atoms with van der Waals surface area (Å²) in [6, 6.07) is 10.6. The standard InChI is InChI=1S/C17H20BrClN2/c1-2-6-21-17(9-13-4-3-5-16(19)8-13)10-14-7-15(18)12-20-11-14/h3-5,7-8,11-12,17,21H,2,6,9-10H2,1H3. The normalized spacial score (nSPS) is 12.3. The topological polar surface area (TPSA) is 24.9 Å². The van der Waals surface area contributed by atoms with Crippen molar-refractivity contribution in [2.75, 3.05) is 6.54 Å². The predicted octanol–water partition coefficient (Wildman–Crippen LogP) is 4.65. The molecular formula is C17H20BrClN2. The number of nitrogens with one attached hydrogen (secondary N) is 1. The molecule has 1 N–H and O–H groups in total. The maximum absolute atomic E-state index is 6.08. The Morgan fingerprint density at radius 3 is 2.71 bits per heavy atom. The van der Waals surface area contributed by atoms with Gasteiger partial charge in [0.25, 0.3) is 0 Å². The fraction of sp³-hybridized carbons (Fsp3) is 0.353. The van der Waals surface area contributed by atoms with E-state index in [0.717, 1.165) is 35.3 Å². The molecule has 4 heteroatoms. The van der Waals surface area contributed by atoms with Gasteiger partial charge in [0.05, 0.1) is 0 Å². The lowest BCUT2D eigenvalue weighted by Gasteiger charge is -2.19. The Balaban J connectivity index is 2.06. The van der Waals surface area contributed by atoms with Crippen molar-refractivity contribution in [2.24, 2.45) is 0 Å². The highest BCUT2D eigenvalue weighted by Crippen LogP contribution is 2.16. The summed E-state index contributed by atoms with van der Waals surface area (Å²) in [4.78, 5) is 4.24. The van der Waals surface area contributed by atoms with Crippen molar-refractivity contribution < 1.29 is 0 Å². The van der Waals surface area contributed by atoms with E-state index in [-0.39, 0.29) is 0 Å². The van der Waals surface area contributed by atoms with E-state index in [0.29, 0.717) is 6.04 Å². The molecule has 0 saturated carbocycles. The molecule has 1 aromatic heterocycles. The lowest BCUT2D eigenvalue weighted by Crippen LogP contribution is -2.33. The van der Waals surface area contributed by atoms with Gasteiger partial charge < -0.3 is 5.32 Å². The molecule has 1 heterocycles. The molecule has 0 aliphatic carbocycles. The van der Waals surface area contributed by atoms with E-state index in [1.54, 1.807) is 0 Å². The molecule has 0 aliphatic heterocycles. The van der Waals surface area contributed by atoms with E-state index >= 15 is 0 Å². The average Bonchev–Trinajstić information content (AvgIpc) is 2.45. The van der Waals surface area contributed by atoms with Crippen LogP contribution in [0.2, 0.25) is 5.02 Å². The number of aromatic nitrogens is 1. The van der Waals surface area contributed by atoms with Gasteiger partial charge in [0.1, 0.15) is 0 Å². The fourth-order valence-corrected chi connectivity index (χ4v) is 2.99. The quantitative estimate of drug-likeness (QED) is 0.770. The van der Waals surface area contributed by atoms with Crippen LogP contribution in [0.25, 0.3) is 0 Å². The maximum Gasteiger partial charge on any atom is 0.0410 e. The zero-order valence-electron chi connectivity index (χ0n) is 12.2. The van der Waals surface area contributed by atoms with Crippen molar-refractivity contribution in [3.8, 4) is 0 Å². The predicted molar refractivity (Wildman–Crippen MR) is 92.9 cm³/mol. The largest absolute Gasteiger partial charge is 0.313 e. The average molecular weight is 368 g/mol. The van der Waals surface area contributed by atoms with E-state index in [1.165, 1.54) is 11.1 Å². The van der Waals surface area contributed by atoms with Crippen molar-refractivity contribution in [1.29, 1.82) is 0 Å². The Kier molecular flexibility index (Phi) is 6.68. The SMILES string of the molecule is CCCNC(Cc1cccc(Cl)c1)Cc1cncc(Br)c1. The van der Waals surface area contributed by atoms with E-state index in [9.17, 15) is 0 Å². The Hall–Kier alpha value is -0.900. The van der Waals surface area contributed by atoms with Crippen molar-refractivity contribution in [3.05, 3.63) is 63.3 Å². The third-order valence-corrected chi connectivity index (χ3v) is 3.97. The molecule has 1 atom stereocenters. The summed E-state index contributed by atoms with van der Waals surface area (Å²) in [6.07, 6.45) is 6.80. The lowest BCUT2D eigenvalue weighted by atomic mass is 10.00. The first-order chi connectivity index (χ1) is 10.2. The van der Waals surface area contributed by atoms with Crippen LogP contribution < -0.4 is 5.32 Å². The van der Waals surface area contributed by atoms with Crippen LogP contribution in [0.15, 0.2) is 47.2 Å². The van der Waals surface area contributed by atoms with Gasteiger partial charge in [-0.05, 0) is 71.1 Å². The number of nitrogens with zero attached hydrogens (tertiary/aromatic N) is 1. The second kappa shape index (κ2) is 8.52. The van der Waals surface area contributed by atoms with Gasteiger partial charge in [-0.2, -0.15) is 0 Å². The molecule has 21 heavy (non-hydrogen) atoms. The number of benzene rings is 1. The van der Waals surface area contributed by atoms with Crippen LogP contribution in [-0.2, 0) is 12.8 Å². The molecule has 0 bridgehead atoms. The van der Waals surface area contributed by atoms with Crippen LogP contribution in [0.4, 0.5) is 0 Å². The highest BCUT2D eigenvalue weighted by atomic mass is 79.9. The summed E-state index contributed by atoms with van der Waals surface area (Å²) in [6.45, 7) is 3.21. The molecule has 2 rings (SSSR count). The molecule has 0 amide bonds. The van der Waals surface area contributed by atoms with Crippen molar-refractivity contribution in [3.63, 3.8) is 0 Å². The molecule has 0 fully saturated rings. The highest BCUT2D eigenvalue weighted by Gasteiger charge is 2.11. The molecule has 1 unspecified atom stereocenters. The first-order valence-corrected chi connectivity index (χ1v) is 8.41. The monoisotopic (exact) mass is 366 g/mol.